The summed E-state index contributed by atoms with van der Waals surface area (Å²) in [6, 6.07) is 10.2. The van der Waals surface area contributed by atoms with E-state index in [2.05, 4.69) is 38.3 Å². The van der Waals surface area contributed by atoms with E-state index in [0.717, 1.165) is 17.8 Å². The number of rotatable bonds is 5. The number of halogens is 2. The second kappa shape index (κ2) is 5.63. The van der Waals surface area contributed by atoms with E-state index >= 15 is 0 Å². The molecule has 1 aliphatic carbocycles. The van der Waals surface area contributed by atoms with Gasteiger partial charge in [-0.05, 0) is 36.4 Å². The van der Waals surface area contributed by atoms with Crippen molar-refractivity contribution in [3.8, 4) is 0 Å². The summed E-state index contributed by atoms with van der Waals surface area (Å²) in [5, 5.41) is 2.65. The van der Waals surface area contributed by atoms with Crippen molar-refractivity contribution in [2.24, 2.45) is 0 Å². The number of hydrogen-bond acceptors (Lipinski definition) is 2. The van der Waals surface area contributed by atoms with Crippen LogP contribution in [0.4, 0.5) is 10.1 Å². The second-order valence-electron chi connectivity index (χ2n) is 4.81. The molecule has 1 aromatic heterocycles. The van der Waals surface area contributed by atoms with Gasteiger partial charge in [0, 0.05) is 27.5 Å². The van der Waals surface area contributed by atoms with Crippen molar-refractivity contribution in [1.29, 1.82) is 0 Å². The van der Waals surface area contributed by atoms with Gasteiger partial charge in [-0.3, -0.25) is 0 Å². The molecule has 0 N–H and O–H groups in total. The summed E-state index contributed by atoms with van der Waals surface area (Å²) < 4.78 is 13.9. The predicted molar refractivity (Wildman–Crippen MR) is 82.6 cm³/mol. The molecule has 1 aromatic carbocycles. The van der Waals surface area contributed by atoms with Gasteiger partial charge < -0.3 is 4.90 Å². The molecule has 0 saturated heterocycles. The minimum Gasteiger partial charge on any atom is -0.363 e. The van der Waals surface area contributed by atoms with Gasteiger partial charge in [-0.1, -0.05) is 28.1 Å². The van der Waals surface area contributed by atoms with Gasteiger partial charge in [0.25, 0.3) is 0 Å². The summed E-state index contributed by atoms with van der Waals surface area (Å²) in [4.78, 5) is 3.68. The van der Waals surface area contributed by atoms with Gasteiger partial charge in [0.15, 0.2) is 0 Å². The fourth-order valence-electron chi connectivity index (χ4n) is 2.32. The molecule has 1 heterocycles. The number of nitrogens with zero attached hydrogens (tertiary/aromatic N) is 1. The summed E-state index contributed by atoms with van der Waals surface area (Å²) in [6.45, 7) is 0.881. The van der Waals surface area contributed by atoms with Crippen LogP contribution in [-0.4, -0.2) is 6.04 Å². The van der Waals surface area contributed by atoms with Crippen LogP contribution in [0.2, 0.25) is 0 Å². The molecule has 4 heteroatoms. The third-order valence-electron chi connectivity index (χ3n) is 3.43. The van der Waals surface area contributed by atoms with Gasteiger partial charge in [-0.2, -0.15) is 0 Å². The quantitative estimate of drug-likeness (QED) is 0.696. The Balaban J connectivity index is 1.94. The van der Waals surface area contributed by atoms with E-state index in [-0.39, 0.29) is 5.82 Å². The number of benzene rings is 1. The van der Waals surface area contributed by atoms with Crippen LogP contribution < -0.4 is 4.90 Å². The first-order chi connectivity index (χ1) is 9.29. The largest absolute Gasteiger partial charge is 0.363 e. The molecule has 19 heavy (non-hydrogen) atoms. The Bertz CT molecular complexity index is 551. The first kappa shape index (κ1) is 13.1. The van der Waals surface area contributed by atoms with Crippen molar-refractivity contribution >= 4 is 33.0 Å². The van der Waals surface area contributed by atoms with Crippen molar-refractivity contribution < 1.29 is 4.39 Å². The molecule has 0 amide bonds. The highest BCUT2D eigenvalue weighted by Gasteiger charge is 2.31. The maximum absolute atomic E-state index is 13.9. The van der Waals surface area contributed by atoms with Crippen LogP contribution in [0, 0.1) is 5.82 Å². The number of hydrogen-bond donors (Lipinski definition) is 0. The fourth-order valence-corrected chi connectivity index (χ4v) is 3.57. The van der Waals surface area contributed by atoms with E-state index in [1.807, 2.05) is 6.07 Å². The van der Waals surface area contributed by atoms with Gasteiger partial charge >= 0.3 is 0 Å². The summed E-state index contributed by atoms with van der Waals surface area (Å²) in [7, 11) is 0. The van der Waals surface area contributed by atoms with Gasteiger partial charge in [0.2, 0.25) is 0 Å². The molecular formula is C15H15BrFNS. The molecule has 1 nitrogen and oxygen atoms in total. The molecular weight excluding hydrogens is 325 g/mol. The second-order valence-corrected chi connectivity index (χ2v) is 6.40. The van der Waals surface area contributed by atoms with Crippen LogP contribution in [0.5, 0.6) is 0 Å². The van der Waals surface area contributed by atoms with Crippen LogP contribution in [0.3, 0.4) is 0 Å². The Morgan fingerprint density at radius 2 is 2.11 bits per heavy atom. The van der Waals surface area contributed by atoms with Crippen LogP contribution in [0.25, 0.3) is 0 Å². The molecule has 0 radical (unpaired) electrons. The van der Waals surface area contributed by atoms with Crippen molar-refractivity contribution in [1.82, 2.24) is 0 Å². The summed E-state index contributed by atoms with van der Waals surface area (Å²) in [5.41, 5.74) is 1.80. The number of anilines is 1. The smallest absolute Gasteiger partial charge is 0.129 e. The summed E-state index contributed by atoms with van der Waals surface area (Å²) >= 11 is 5.17. The molecule has 0 unspecified atom stereocenters. The van der Waals surface area contributed by atoms with E-state index in [4.69, 9.17) is 0 Å². The lowest BCUT2D eigenvalue weighted by Crippen LogP contribution is -2.25. The molecule has 0 atom stereocenters. The highest BCUT2D eigenvalue weighted by Crippen LogP contribution is 2.36. The Kier molecular flexibility index (Phi) is 3.89. The highest BCUT2D eigenvalue weighted by atomic mass is 79.9. The van der Waals surface area contributed by atoms with Gasteiger partial charge in [0.05, 0.1) is 6.54 Å². The zero-order valence-corrected chi connectivity index (χ0v) is 12.9. The molecule has 100 valence electrons. The van der Waals surface area contributed by atoms with Crippen LogP contribution in [0.1, 0.15) is 23.3 Å². The molecule has 0 bridgehead atoms. The minimum absolute atomic E-state index is 0.119. The normalized spacial score (nSPS) is 14.6. The fraction of sp³-hybridized carbons (Fsp3) is 0.333. The lowest BCUT2D eigenvalue weighted by Gasteiger charge is -2.26. The standard InChI is InChI=1S/C15H15BrFNS/c16-9-13-14(17)4-1-5-15(13)18(11-6-7-11)10-12-3-2-8-19-12/h1-5,8,11H,6-7,9-10H2. The average molecular weight is 340 g/mol. The number of alkyl halides is 1. The van der Waals surface area contributed by atoms with Crippen molar-refractivity contribution in [3.63, 3.8) is 0 Å². The van der Waals surface area contributed by atoms with Gasteiger partial charge in [-0.25, -0.2) is 4.39 Å². The molecule has 1 aliphatic rings. The van der Waals surface area contributed by atoms with Gasteiger partial charge in [0.1, 0.15) is 5.82 Å². The van der Waals surface area contributed by atoms with E-state index in [1.54, 1.807) is 17.4 Å². The van der Waals surface area contributed by atoms with E-state index < -0.39 is 0 Å². The van der Waals surface area contributed by atoms with Crippen LogP contribution >= 0.6 is 27.3 Å². The Morgan fingerprint density at radius 1 is 1.26 bits per heavy atom. The summed E-state index contributed by atoms with van der Waals surface area (Å²) in [6.07, 6.45) is 2.42. The Morgan fingerprint density at radius 3 is 2.74 bits per heavy atom. The minimum atomic E-state index is -0.119. The monoisotopic (exact) mass is 339 g/mol. The zero-order chi connectivity index (χ0) is 13.2. The van der Waals surface area contributed by atoms with Crippen molar-refractivity contribution in [3.05, 3.63) is 52.0 Å². The molecule has 0 spiro atoms. The Hall–Kier alpha value is -0.870. The zero-order valence-electron chi connectivity index (χ0n) is 10.5. The topological polar surface area (TPSA) is 3.24 Å². The third kappa shape index (κ3) is 2.84. The van der Waals surface area contributed by atoms with Crippen LogP contribution in [-0.2, 0) is 11.9 Å². The lowest BCUT2D eigenvalue weighted by molar-refractivity contribution is 0.615. The maximum Gasteiger partial charge on any atom is 0.129 e. The lowest BCUT2D eigenvalue weighted by atomic mass is 10.1. The molecule has 2 aromatic rings. The molecule has 3 rings (SSSR count). The first-order valence-corrected chi connectivity index (χ1v) is 8.42. The third-order valence-corrected chi connectivity index (χ3v) is 4.85. The SMILES string of the molecule is Fc1cccc(N(Cc2cccs2)C2CC2)c1CBr. The Labute approximate surface area is 125 Å². The van der Waals surface area contributed by atoms with Gasteiger partial charge in [-0.15, -0.1) is 11.3 Å². The van der Waals surface area contributed by atoms with E-state index in [9.17, 15) is 4.39 Å². The average Bonchev–Trinajstić information content (AvgIpc) is 3.13. The predicted octanol–water partition coefficient (Wildman–Crippen LogP) is 4.95. The van der Waals surface area contributed by atoms with E-state index in [1.165, 1.54) is 23.8 Å². The molecule has 1 saturated carbocycles. The van der Waals surface area contributed by atoms with Crippen molar-refractivity contribution in [2.75, 3.05) is 4.90 Å². The first-order valence-electron chi connectivity index (χ1n) is 6.42. The number of thiophene rings is 1. The maximum atomic E-state index is 13.9. The highest BCUT2D eigenvalue weighted by molar-refractivity contribution is 9.08. The molecule has 1 fully saturated rings. The van der Waals surface area contributed by atoms with Crippen LogP contribution in [0.15, 0.2) is 35.7 Å². The summed E-state index contributed by atoms with van der Waals surface area (Å²) in [5.74, 6) is -0.119. The van der Waals surface area contributed by atoms with E-state index in [0.29, 0.717) is 11.4 Å². The van der Waals surface area contributed by atoms with Crippen molar-refractivity contribution in [2.45, 2.75) is 30.8 Å². The molecule has 0 aliphatic heterocycles.